The van der Waals surface area contributed by atoms with Gasteiger partial charge >= 0.3 is 6.09 Å². The topological polar surface area (TPSA) is 385 Å². The summed E-state index contributed by atoms with van der Waals surface area (Å²) < 4.78 is 5.14. The van der Waals surface area contributed by atoms with Gasteiger partial charge in [-0.25, -0.2) is 35.0 Å². The first-order valence-corrected chi connectivity index (χ1v) is 17.7. The standard InChI is InChI=1S/C32H52N14O11/c1-18(2)16-24(25(33)47)42-29(51)23(13-9-15-37-31(35)44-46(55)56)41-26(48)19(3)38-28(50)22(12-8-14-36-30(34)43-45(53)54)40-27(49)20(4)39-32(52)57-17-21-10-6-5-7-11-21/h5-7,10-11,18-20,22-24H,8-9,12-17H2,1-4H3,(H2,33,47)(H,38,50)(H,39,52)(H,40,49)(H,41,48)(H,42,51)(H3,34,36,43)(H3,35,37,44)/t19-,20-,22-,23-,24-/m0/s1. The fourth-order valence-corrected chi connectivity index (χ4v) is 4.76. The molecule has 0 fully saturated rings. The van der Waals surface area contributed by atoms with Gasteiger partial charge in [0, 0.05) is 13.1 Å². The van der Waals surface area contributed by atoms with Gasteiger partial charge in [0.25, 0.3) is 11.9 Å². The third-order valence-corrected chi connectivity index (χ3v) is 7.60. The van der Waals surface area contributed by atoms with Gasteiger partial charge in [-0.3, -0.25) is 24.0 Å². The number of aliphatic imine (C=N–C) groups is 2. The summed E-state index contributed by atoms with van der Waals surface area (Å²) in [5, 5.41) is 31.7. The molecule has 0 radical (unpaired) electrons. The lowest BCUT2D eigenvalue weighted by Gasteiger charge is -2.25. The van der Waals surface area contributed by atoms with Gasteiger partial charge in [-0.2, -0.15) is 0 Å². The Kier molecular flexibility index (Phi) is 21.4. The van der Waals surface area contributed by atoms with Crippen molar-refractivity contribution in [1.82, 2.24) is 37.4 Å². The second kappa shape index (κ2) is 25.3. The number of rotatable bonds is 24. The summed E-state index contributed by atoms with van der Waals surface area (Å²) in [6.07, 6.45) is -0.783. The lowest BCUT2D eigenvalue weighted by molar-refractivity contribution is -0.525. The van der Waals surface area contributed by atoms with Crippen LogP contribution in [0.25, 0.3) is 0 Å². The zero-order valence-corrected chi connectivity index (χ0v) is 32.0. The maximum atomic E-state index is 13.5. The van der Waals surface area contributed by atoms with Crippen LogP contribution in [-0.2, 0) is 35.3 Å². The molecule has 1 rings (SSSR count). The van der Waals surface area contributed by atoms with Gasteiger partial charge in [0.2, 0.25) is 29.5 Å². The van der Waals surface area contributed by atoms with Gasteiger partial charge in [0.15, 0.2) is 10.1 Å². The summed E-state index contributed by atoms with van der Waals surface area (Å²) in [4.78, 5) is 106. The van der Waals surface area contributed by atoms with Gasteiger partial charge in [-0.1, -0.05) is 55.0 Å². The molecule has 0 aromatic heterocycles. The molecule has 1 aromatic carbocycles. The Labute approximate surface area is 327 Å². The number of carbonyl (C=O) groups is 6. The van der Waals surface area contributed by atoms with Crippen LogP contribution < -0.4 is 54.6 Å². The number of amides is 6. The van der Waals surface area contributed by atoms with Crippen molar-refractivity contribution in [3.63, 3.8) is 0 Å². The summed E-state index contributed by atoms with van der Waals surface area (Å²) in [6.45, 7) is 5.96. The lowest BCUT2D eigenvalue weighted by atomic mass is 10.0. The number of alkyl carbamates (subject to hydrolysis) is 1. The summed E-state index contributed by atoms with van der Waals surface area (Å²) >= 11 is 0. The minimum Gasteiger partial charge on any atom is -0.445 e. The number of nitrogens with two attached hydrogens (primary N) is 3. The first-order chi connectivity index (χ1) is 26.8. The minimum absolute atomic E-state index is 0.0416. The van der Waals surface area contributed by atoms with Crippen molar-refractivity contribution in [2.45, 2.75) is 96.6 Å². The number of nitrogens with one attached hydrogen (secondary N) is 7. The van der Waals surface area contributed by atoms with Crippen molar-refractivity contribution in [3.8, 4) is 0 Å². The maximum absolute atomic E-state index is 13.5. The molecular formula is C32H52N14O11. The van der Waals surface area contributed by atoms with Crippen LogP contribution in [0.1, 0.15) is 65.4 Å². The van der Waals surface area contributed by atoms with E-state index in [-0.39, 0.29) is 57.7 Å². The van der Waals surface area contributed by atoms with Gasteiger partial charge in [0.1, 0.15) is 36.8 Å². The van der Waals surface area contributed by atoms with Crippen LogP contribution in [0.15, 0.2) is 40.3 Å². The molecule has 0 spiro atoms. The summed E-state index contributed by atoms with van der Waals surface area (Å²) in [5.74, 6) is -5.16. The Bertz CT molecular complexity index is 1610. The molecule has 13 N–H and O–H groups in total. The SMILES string of the molecule is CC(C)C[C@H](NC(=O)[C@H](CCCN=C(N)N[N+](=O)[O-])NC(=O)[C@H](C)NC(=O)[C@H](CCCN=C(N)N[N+](=O)[O-])NC(=O)[C@H](C)NC(=O)OCc1ccccc1)C(N)=O. The molecule has 1 aromatic rings. The van der Waals surface area contributed by atoms with Crippen LogP contribution in [-0.4, -0.2) is 101 Å². The molecule has 25 heteroatoms. The van der Waals surface area contributed by atoms with Crippen LogP contribution >= 0.6 is 0 Å². The van der Waals surface area contributed by atoms with Crippen LogP contribution in [0.3, 0.4) is 0 Å². The van der Waals surface area contributed by atoms with Crippen molar-refractivity contribution >= 4 is 47.5 Å². The number of nitrogens with zero attached hydrogens (tertiary/aromatic N) is 4. The molecular weight excluding hydrogens is 756 g/mol. The summed E-state index contributed by atoms with van der Waals surface area (Å²) in [5.41, 5.74) is 20.4. The smallest absolute Gasteiger partial charge is 0.408 e. The van der Waals surface area contributed by atoms with Crippen LogP contribution in [0.4, 0.5) is 4.79 Å². The highest BCUT2D eigenvalue weighted by Gasteiger charge is 2.30. The van der Waals surface area contributed by atoms with E-state index in [1.54, 1.807) is 55.0 Å². The number of nitro groups is 2. The number of benzene rings is 1. The van der Waals surface area contributed by atoms with E-state index in [0.717, 1.165) is 0 Å². The quantitative estimate of drug-likeness (QED) is 0.0170. The largest absolute Gasteiger partial charge is 0.445 e. The molecule has 57 heavy (non-hydrogen) atoms. The molecule has 0 aliphatic rings. The fraction of sp³-hybridized carbons (Fsp3) is 0.562. The number of hydrogen-bond donors (Lipinski definition) is 10. The fourth-order valence-electron chi connectivity index (χ4n) is 4.76. The molecule has 0 bridgehead atoms. The molecule has 5 atom stereocenters. The number of ether oxygens (including phenoxy) is 1. The van der Waals surface area contributed by atoms with E-state index in [9.17, 15) is 49.0 Å². The second-order valence-corrected chi connectivity index (χ2v) is 12.9. The predicted molar refractivity (Wildman–Crippen MR) is 203 cm³/mol. The number of hydrazine groups is 2. The van der Waals surface area contributed by atoms with E-state index < -0.39 is 87.8 Å². The van der Waals surface area contributed by atoms with E-state index >= 15 is 0 Å². The first-order valence-electron chi connectivity index (χ1n) is 17.7. The van der Waals surface area contributed by atoms with Crippen molar-refractivity contribution < 1.29 is 43.6 Å². The first kappa shape index (κ1) is 48.2. The molecule has 316 valence electrons. The molecule has 0 saturated carbocycles. The molecule has 6 amide bonds. The van der Waals surface area contributed by atoms with E-state index in [0.29, 0.717) is 5.56 Å². The highest BCUT2D eigenvalue weighted by Crippen LogP contribution is 2.08. The Morgan fingerprint density at radius 2 is 1.11 bits per heavy atom. The van der Waals surface area contributed by atoms with E-state index in [2.05, 4.69) is 36.6 Å². The third kappa shape index (κ3) is 21.0. The Morgan fingerprint density at radius 3 is 1.54 bits per heavy atom. The molecule has 0 aliphatic carbocycles. The molecule has 0 heterocycles. The molecule has 25 nitrogen and oxygen atoms in total. The van der Waals surface area contributed by atoms with E-state index in [1.807, 2.05) is 0 Å². The van der Waals surface area contributed by atoms with Crippen LogP contribution in [0.5, 0.6) is 0 Å². The molecule has 0 aliphatic heterocycles. The highest BCUT2D eigenvalue weighted by atomic mass is 16.7. The average molecular weight is 809 g/mol. The van der Waals surface area contributed by atoms with Gasteiger partial charge in [-0.05, 0) is 57.4 Å². The number of hydrogen-bond acceptors (Lipinski definition) is 13. The van der Waals surface area contributed by atoms with Crippen LogP contribution in [0, 0.1) is 26.1 Å². The van der Waals surface area contributed by atoms with Gasteiger partial charge < -0.3 is 48.5 Å². The normalized spacial score (nSPS) is 14.1. The highest BCUT2D eigenvalue weighted by molar-refractivity contribution is 5.96. The van der Waals surface area contributed by atoms with Gasteiger partial charge in [-0.15, -0.1) is 0 Å². The number of primary amides is 1. The minimum atomic E-state index is -1.33. The van der Waals surface area contributed by atoms with E-state index in [4.69, 9.17) is 21.9 Å². The lowest BCUT2D eigenvalue weighted by Crippen LogP contribution is -2.58. The predicted octanol–water partition coefficient (Wildman–Crippen LogP) is -2.46. The zero-order valence-electron chi connectivity index (χ0n) is 32.0. The molecule has 0 saturated heterocycles. The van der Waals surface area contributed by atoms with Crippen molar-refractivity contribution in [2.24, 2.45) is 33.1 Å². The maximum Gasteiger partial charge on any atom is 0.408 e. The van der Waals surface area contributed by atoms with Crippen molar-refractivity contribution in [2.75, 3.05) is 13.1 Å². The Balaban J connectivity index is 3.10. The third-order valence-electron chi connectivity index (χ3n) is 7.60. The Morgan fingerprint density at radius 1 is 0.667 bits per heavy atom. The monoisotopic (exact) mass is 808 g/mol. The summed E-state index contributed by atoms with van der Waals surface area (Å²) in [6, 6.07) is 2.53. The number of carbonyl (C=O) groups excluding carboxylic acids is 6. The zero-order chi connectivity index (χ0) is 43.1. The van der Waals surface area contributed by atoms with Crippen molar-refractivity contribution in [3.05, 3.63) is 56.1 Å². The summed E-state index contributed by atoms with van der Waals surface area (Å²) in [7, 11) is 0. The van der Waals surface area contributed by atoms with E-state index in [1.165, 1.54) is 13.8 Å². The van der Waals surface area contributed by atoms with Crippen LogP contribution in [0.2, 0.25) is 0 Å². The average Bonchev–Trinajstić information content (AvgIpc) is 3.12. The van der Waals surface area contributed by atoms with Gasteiger partial charge in [0.05, 0.1) is 0 Å². The Hall–Kier alpha value is -6.82. The number of guanidine groups is 2. The second-order valence-electron chi connectivity index (χ2n) is 12.9. The molecule has 0 unspecified atom stereocenters. The van der Waals surface area contributed by atoms with Crippen molar-refractivity contribution in [1.29, 1.82) is 0 Å².